The molecule has 122 valence electrons. The second-order valence-electron chi connectivity index (χ2n) is 5.51. The Kier molecular flexibility index (Phi) is 6.91. The Hall–Kier alpha value is -1.34. The van der Waals surface area contributed by atoms with Gasteiger partial charge in [0.1, 0.15) is 0 Å². The van der Waals surface area contributed by atoms with Crippen LogP contribution in [-0.2, 0) is 19.0 Å². The molecule has 0 aromatic heterocycles. The van der Waals surface area contributed by atoms with Gasteiger partial charge in [-0.3, -0.25) is 4.79 Å². The SMILES string of the molecule is COC(C)(OCCC1CCCC(=O)NCC1C)OC(=O)O. The summed E-state index contributed by atoms with van der Waals surface area (Å²) in [4.78, 5) is 21.9. The van der Waals surface area contributed by atoms with E-state index < -0.39 is 12.1 Å². The summed E-state index contributed by atoms with van der Waals surface area (Å²) in [6.45, 7) is 4.51. The van der Waals surface area contributed by atoms with Crippen molar-refractivity contribution in [3.8, 4) is 0 Å². The molecule has 2 N–H and O–H groups in total. The number of methoxy groups -OCH3 is 1. The van der Waals surface area contributed by atoms with E-state index in [9.17, 15) is 9.59 Å². The van der Waals surface area contributed by atoms with Crippen LogP contribution in [0.5, 0.6) is 0 Å². The van der Waals surface area contributed by atoms with Gasteiger partial charge in [0, 0.05) is 27.0 Å². The molecule has 0 saturated carbocycles. The molecule has 1 saturated heterocycles. The highest BCUT2D eigenvalue weighted by atomic mass is 16.9. The lowest BCUT2D eigenvalue weighted by Gasteiger charge is -2.29. The lowest BCUT2D eigenvalue weighted by Crippen LogP contribution is -2.38. The Morgan fingerprint density at radius 3 is 2.86 bits per heavy atom. The van der Waals surface area contributed by atoms with Gasteiger partial charge in [-0.05, 0) is 31.1 Å². The maximum absolute atomic E-state index is 11.4. The van der Waals surface area contributed by atoms with Crippen LogP contribution >= 0.6 is 0 Å². The van der Waals surface area contributed by atoms with Crippen molar-refractivity contribution in [3.63, 3.8) is 0 Å². The van der Waals surface area contributed by atoms with Crippen LogP contribution < -0.4 is 5.32 Å². The Balaban J connectivity index is 2.42. The fourth-order valence-corrected chi connectivity index (χ4v) is 2.45. The molecule has 1 rings (SSSR count). The standard InChI is InChI=1S/C14H25NO6/c1-10-9-15-12(16)6-4-5-11(10)7-8-20-14(2,19-3)21-13(17)18/h10-11H,4-9H2,1-3H3,(H,15,16)(H,17,18). The quantitative estimate of drug-likeness (QED) is 0.575. The van der Waals surface area contributed by atoms with Crippen molar-refractivity contribution in [2.24, 2.45) is 11.8 Å². The van der Waals surface area contributed by atoms with Crippen LogP contribution in [0.25, 0.3) is 0 Å². The number of carbonyl (C=O) groups excluding carboxylic acids is 1. The number of nitrogens with one attached hydrogen (secondary N) is 1. The van der Waals surface area contributed by atoms with Crippen molar-refractivity contribution < 1.29 is 28.9 Å². The summed E-state index contributed by atoms with van der Waals surface area (Å²) in [5, 5.41) is 11.5. The van der Waals surface area contributed by atoms with Crippen LogP contribution in [0, 0.1) is 11.8 Å². The topological polar surface area (TPSA) is 94.1 Å². The van der Waals surface area contributed by atoms with Crippen molar-refractivity contribution in [1.82, 2.24) is 5.32 Å². The minimum atomic E-state index is -1.58. The largest absolute Gasteiger partial charge is 0.510 e. The summed E-state index contributed by atoms with van der Waals surface area (Å²) in [6, 6.07) is 0. The molecular weight excluding hydrogens is 278 g/mol. The molecule has 7 heteroatoms. The van der Waals surface area contributed by atoms with E-state index in [4.69, 9.17) is 14.6 Å². The van der Waals surface area contributed by atoms with Gasteiger partial charge in [0.05, 0.1) is 6.61 Å². The monoisotopic (exact) mass is 303 g/mol. The first-order chi connectivity index (χ1) is 9.86. The molecular formula is C14H25NO6. The molecule has 7 nitrogen and oxygen atoms in total. The van der Waals surface area contributed by atoms with Crippen molar-refractivity contribution >= 4 is 12.1 Å². The lowest BCUT2D eigenvalue weighted by atomic mass is 9.85. The minimum Gasteiger partial charge on any atom is -0.450 e. The van der Waals surface area contributed by atoms with Crippen molar-refractivity contribution in [2.45, 2.75) is 45.5 Å². The third-order valence-electron chi connectivity index (χ3n) is 3.90. The van der Waals surface area contributed by atoms with Crippen molar-refractivity contribution in [3.05, 3.63) is 0 Å². The summed E-state index contributed by atoms with van der Waals surface area (Å²) in [5.74, 6) is -0.702. The maximum Gasteiger partial charge on any atom is 0.510 e. The van der Waals surface area contributed by atoms with Gasteiger partial charge in [-0.2, -0.15) is 0 Å². The van der Waals surface area contributed by atoms with Gasteiger partial charge in [0.25, 0.3) is 0 Å². The summed E-state index contributed by atoms with van der Waals surface area (Å²) in [6.07, 6.45) is 1.69. The van der Waals surface area contributed by atoms with Gasteiger partial charge < -0.3 is 24.6 Å². The van der Waals surface area contributed by atoms with E-state index in [1.54, 1.807) is 0 Å². The molecule has 21 heavy (non-hydrogen) atoms. The van der Waals surface area contributed by atoms with Gasteiger partial charge >= 0.3 is 12.1 Å². The number of carbonyl (C=O) groups is 2. The number of rotatable bonds is 6. The highest BCUT2D eigenvalue weighted by Crippen LogP contribution is 2.25. The van der Waals surface area contributed by atoms with Gasteiger partial charge in [0.15, 0.2) is 0 Å². The average Bonchev–Trinajstić information content (AvgIpc) is 2.41. The van der Waals surface area contributed by atoms with Crippen LogP contribution in [0.4, 0.5) is 4.79 Å². The zero-order chi connectivity index (χ0) is 15.9. The summed E-state index contributed by atoms with van der Waals surface area (Å²) in [5.41, 5.74) is 0. The first kappa shape index (κ1) is 17.7. The molecule has 1 aliphatic rings. The van der Waals surface area contributed by atoms with Crippen molar-refractivity contribution in [2.75, 3.05) is 20.3 Å². The van der Waals surface area contributed by atoms with Gasteiger partial charge in [0.2, 0.25) is 5.91 Å². The van der Waals surface area contributed by atoms with E-state index in [1.165, 1.54) is 14.0 Å². The lowest BCUT2D eigenvalue weighted by molar-refractivity contribution is -0.339. The van der Waals surface area contributed by atoms with Gasteiger partial charge in [-0.25, -0.2) is 4.79 Å². The number of hydrogen-bond donors (Lipinski definition) is 2. The molecule has 0 spiro atoms. The number of carboxylic acid groups (broad SMARTS) is 1. The molecule has 1 fully saturated rings. The highest BCUT2D eigenvalue weighted by Gasteiger charge is 2.30. The van der Waals surface area contributed by atoms with Crippen LogP contribution in [0.2, 0.25) is 0 Å². The maximum atomic E-state index is 11.4. The normalized spacial score (nSPS) is 26.1. The second-order valence-corrected chi connectivity index (χ2v) is 5.51. The zero-order valence-corrected chi connectivity index (χ0v) is 12.9. The smallest absolute Gasteiger partial charge is 0.450 e. The molecule has 3 atom stereocenters. The van der Waals surface area contributed by atoms with Crippen LogP contribution in [0.3, 0.4) is 0 Å². The van der Waals surface area contributed by atoms with Gasteiger partial charge in [-0.1, -0.05) is 6.92 Å². The molecule has 3 unspecified atom stereocenters. The Morgan fingerprint density at radius 2 is 2.24 bits per heavy atom. The Morgan fingerprint density at radius 1 is 1.52 bits per heavy atom. The number of amides is 1. The molecule has 1 heterocycles. The van der Waals surface area contributed by atoms with Crippen molar-refractivity contribution in [1.29, 1.82) is 0 Å². The number of hydrogen-bond acceptors (Lipinski definition) is 5. The fourth-order valence-electron chi connectivity index (χ4n) is 2.45. The third-order valence-corrected chi connectivity index (χ3v) is 3.90. The summed E-state index contributed by atoms with van der Waals surface area (Å²) < 4.78 is 14.9. The third kappa shape index (κ3) is 6.31. The van der Waals surface area contributed by atoms with Crippen LogP contribution in [-0.4, -0.2) is 43.4 Å². The van der Waals surface area contributed by atoms with E-state index in [0.717, 1.165) is 19.3 Å². The molecule has 0 aliphatic carbocycles. The van der Waals surface area contributed by atoms with Gasteiger partial charge in [-0.15, -0.1) is 0 Å². The average molecular weight is 303 g/mol. The predicted molar refractivity (Wildman–Crippen MR) is 74.6 cm³/mol. The molecule has 1 aliphatic heterocycles. The van der Waals surface area contributed by atoms with E-state index in [0.29, 0.717) is 31.4 Å². The Labute approximate surface area is 124 Å². The summed E-state index contributed by atoms with van der Waals surface area (Å²) >= 11 is 0. The zero-order valence-electron chi connectivity index (χ0n) is 12.9. The van der Waals surface area contributed by atoms with E-state index >= 15 is 0 Å². The second kappa shape index (κ2) is 8.19. The van der Waals surface area contributed by atoms with Crippen LogP contribution in [0.1, 0.15) is 39.5 Å². The first-order valence-electron chi connectivity index (χ1n) is 7.24. The molecule has 0 aromatic carbocycles. The number of ether oxygens (including phenoxy) is 3. The van der Waals surface area contributed by atoms with E-state index in [2.05, 4.69) is 17.0 Å². The molecule has 1 amide bonds. The molecule has 0 bridgehead atoms. The minimum absolute atomic E-state index is 0.110. The van der Waals surface area contributed by atoms with E-state index in [1.807, 2.05) is 0 Å². The molecule has 0 aromatic rings. The Bertz CT molecular complexity index is 361. The fraction of sp³-hybridized carbons (Fsp3) is 0.857. The van der Waals surface area contributed by atoms with E-state index in [-0.39, 0.29) is 5.91 Å². The van der Waals surface area contributed by atoms with Crippen LogP contribution in [0.15, 0.2) is 0 Å². The predicted octanol–water partition coefficient (Wildman–Crippen LogP) is 1.96. The first-order valence-corrected chi connectivity index (χ1v) is 7.24. The highest BCUT2D eigenvalue weighted by molar-refractivity contribution is 5.75. The molecule has 0 radical (unpaired) electrons. The summed E-state index contributed by atoms with van der Waals surface area (Å²) in [7, 11) is 1.33.